The highest BCUT2D eigenvalue weighted by Crippen LogP contribution is 2.17. The molecule has 3 rings (SSSR count). The van der Waals surface area contributed by atoms with Crippen molar-refractivity contribution in [2.24, 2.45) is 0 Å². The van der Waals surface area contributed by atoms with Crippen molar-refractivity contribution in [1.29, 1.82) is 0 Å². The summed E-state index contributed by atoms with van der Waals surface area (Å²) >= 11 is 0. The Morgan fingerprint density at radius 2 is 2.06 bits per heavy atom. The molecule has 0 spiro atoms. The van der Waals surface area contributed by atoms with E-state index in [1.165, 1.54) is 0 Å². The molecule has 0 saturated carbocycles. The van der Waals surface area contributed by atoms with Gasteiger partial charge in [-0.25, -0.2) is 4.98 Å². The predicted octanol–water partition coefficient (Wildman–Crippen LogP) is 1.82. The summed E-state index contributed by atoms with van der Waals surface area (Å²) < 4.78 is 6.87. The molecule has 0 aromatic carbocycles. The predicted molar refractivity (Wildman–Crippen MR) is 63.2 cm³/mol. The number of fused-ring (bicyclic) bond motifs is 1. The summed E-state index contributed by atoms with van der Waals surface area (Å²) in [6.45, 7) is 0. The van der Waals surface area contributed by atoms with Crippen molar-refractivity contribution >= 4 is 11.0 Å². The van der Waals surface area contributed by atoms with Crippen molar-refractivity contribution in [2.45, 2.75) is 0 Å². The fourth-order valence-electron chi connectivity index (χ4n) is 1.70. The van der Waals surface area contributed by atoms with Crippen LogP contribution in [0.3, 0.4) is 0 Å². The third kappa shape index (κ3) is 1.61. The molecule has 0 atom stereocenters. The molecule has 0 amide bonds. The van der Waals surface area contributed by atoms with Gasteiger partial charge in [0, 0.05) is 23.8 Å². The molecule has 0 N–H and O–H groups in total. The third-order valence-corrected chi connectivity index (χ3v) is 2.53. The zero-order chi connectivity index (χ0) is 11.7. The highest BCUT2D eigenvalue weighted by Gasteiger charge is 2.05. The SMILES string of the molecule is COc1ccc(-n2ccc3cccnc32)nn1. The maximum atomic E-state index is 4.98. The van der Waals surface area contributed by atoms with Crippen LogP contribution in [-0.4, -0.2) is 26.9 Å². The molecule has 0 bridgehead atoms. The van der Waals surface area contributed by atoms with E-state index in [4.69, 9.17) is 4.74 Å². The van der Waals surface area contributed by atoms with Gasteiger partial charge >= 0.3 is 0 Å². The molecular weight excluding hydrogens is 216 g/mol. The molecule has 3 aromatic heterocycles. The molecule has 84 valence electrons. The number of ether oxygens (including phenoxy) is 1. The van der Waals surface area contributed by atoms with Crippen LogP contribution in [0.5, 0.6) is 5.88 Å². The van der Waals surface area contributed by atoms with E-state index in [0.717, 1.165) is 16.9 Å². The van der Waals surface area contributed by atoms with E-state index in [-0.39, 0.29) is 0 Å². The molecule has 5 nitrogen and oxygen atoms in total. The lowest BCUT2D eigenvalue weighted by Gasteiger charge is -2.03. The van der Waals surface area contributed by atoms with Crippen LogP contribution in [0.15, 0.2) is 42.7 Å². The summed E-state index contributed by atoms with van der Waals surface area (Å²) in [4.78, 5) is 4.32. The Bertz CT molecular complexity index is 645. The summed E-state index contributed by atoms with van der Waals surface area (Å²) in [6, 6.07) is 9.54. The first-order valence-corrected chi connectivity index (χ1v) is 5.18. The van der Waals surface area contributed by atoms with Gasteiger partial charge < -0.3 is 4.74 Å². The average molecular weight is 226 g/mol. The molecule has 0 aliphatic rings. The van der Waals surface area contributed by atoms with Crippen molar-refractivity contribution in [3.8, 4) is 11.7 Å². The lowest BCUT2D eigenvalue weighted by molar-refractivity contribution is 0.391. The third-order valence-electron chi connectivity index (χ3n) is 2.53. The summed E-state index contributed by atoms with van der Waals surface area (Å²) in [5.74, 6) is 1.22. The Morgan fingerprint density at radius 1 is 1.12 bits per heavy atom. The van der Waals surface area contributed by atoms with Gasteiger partial charge in [0.1, 0.15) is 5.65 Å². The standard InChI is InChI=1S/C12H10N4O/c1-17-11-5-4-10(14-15-11)16-8-6-9-3-2-7-13-12(9)16/h2-8H,1H3. The van der Waals surface area contributed by atoms with Gasteiger partial charge in [-0.1, -0.05) is 0 Å². The second kappa shape index (κ2) is 3.86. The van der Waals surface area contributed by atoms with Crippen LogP contribution in [0.25, 0.3) is 16.9 Å². The second-order valence-electron chi connectivity index (χ2n) is 3.54. The van der Waals surface area contributed by atoms with Gasteiger partial charge in [-0.05, 0) is 24.3 Å². The lowest BCUT2D eigenvalue weighted by Crippen LogP contribution is -1.99. The maximum Gasteiger partial charge on any atom is 0.233 e. The molecular formula is C12H10N4O. The monoisotopic (exact) mass is 226 g/mol. The van der Waals surface area contributed by atoms with Gasteiger partial charge in [0.15, 0.2) is 5.82 Å². The van der Waals surface area contributed by atoms with E-state index in [0.29, 0.717) is 5.88 Å². The number of hydrogen-bond donors (Lipinski definition) is 0. The van der Waals surface area contributed by atoms with Gasteiger partial charge in [-0.3, -0.25) is 4.57 Å². The first kappa shape index (κ1) is 9.77. The Balaban J connectivity index is 2.13. The van der Waals surface area contributed by atoms with Crippen LogP contribution in [0, 0.1) is 0 Å². The minimum absolute atomic E-state index is 0.498. The normalized spacial score (nSPS) is 10.6. The maximum absolute atomic E-state index is 4.98. The minimum atomic E-state index is 0.498. The summed E-state index contributed by atoms with van der Waals surface area (Å²) in [5.41, 5.74) is 0.868. The molecule has 0 aliphatic heterocycles. The van der Waals surface area contributed by atoms with Gasteiger partial charge in [-0.2, -0.15) is 0 Å². The quantitative estimate of drug-likeness (QED) is 0.668. The second-order valence-corrected chi connectivity index (χ2v) is 3.54. The van der Waals surface area contributed by atoms with E-state index in [2.05, 4.69) is 15.2 Å². The van der Waals surface area contributed by atoms with Crippen LogP contribution in [0.4, 0.5) is 0 Å². The number of nitrogens with zero attached hydrogens (tertiary/aromatic N) is 4. The van der Waals surface area contributed by atoms with E-state index >= 15 is 0 Å². The Hall–Kier alpha value is -2.43. The average Bonchev–Trinajstić information content (AvgIpc) is 2.83. The Kier molecular flexibility index (Phi) is 2.22. The van der Waals surface area contributed by atoms with Crippen LogP contribution in [0.1, 0.15) is 0 Å². The molecule has 5 heteroatoms. The van der Waals surface area contributed by atoms with Crippen molar-refractivity contribution in [3.05, 3.63) is 42.7 Å². The van der Waals surface area contributed by atoms with Crippen LogP contribution >= 0.6 is 0 Å². The number of aromatic nitrogens is 4. The first-order chi connectivity index (χ1) is 8.38. The van der Waals surface area contributed by atoms with Crippen molar-refractivity contribution < 1.29 is 4.74 Å². The van der Waals surface area contributed by atoms with Gasteiger partial charge in [-0.15, -0.1) is 10.2 Å². The molecule has 17 heavy (non-hydrogen) atoms. The minimum Gasteiger partial charge on any atom is -0.480 e. The van der Waals surface area contributed by atoms with Crippen molar-refractivity contribution in [3.63, 3.8) is 0 Å². The highest BCUT2D eigenvalue weighted by atomic mass is 16.5. The van der Waals surface area contributed by atoms with Crippen molar-refractivity contribution in [1.82, 2.24) is 19.7 Å². The summed E-state index contributed by atoms with van der Waals surface area (Å²) in [5, 5.41) is 9.10. The van der Waals surface area contributed by atoms with Crippen LogP contribution < -0.4 is 4.74 Å². The Morgan fingerprint density at radius 3 is 2.82 bits per heavy atom. The fourth-order valence-corrected chi connectivity index (χ4v) is 1.70. The van der Waals surface area contributed by atoms with E-state index in [1.54, 1.807) is 19.4 Å². The number of rotatable bonds is 2. The molecule has 0 radical (unpaired) electrons. The largest absolute Gasteiger partial charge is 0.480 e. The van der Waals surface area contributed by atoms with Crippen molar-refractivity contribution in [2.75, 3.05) is 7.11 Å². The van der Waals surface area contributed by atoms with E-state index in [9.17, 15) is 0 Å². The molecule has 0 aliphatic carbocycles. The summed E-state index contributed by atoms with van der Waals surface area (Å²) in [7, 11) is 1.57. The molecule has 0 fully saturated rings. The molecule has 3 heterocycles. The zero-order valence-corrected chi connectivity index (χ0v) is 9.24. The smallest absolute Gasteiger partial charge is 0.233 e. The molecule has 3 aromatic rings. The lowest BCUT2D eigenvalue weighted by atomic mass is 10.3. The molecule has 0 unspecified atom stereocenters. The number of hydrogen-bond acceptors (Lipinski definition) is 4. The topological polar surface area (TPSA) is 52.8 Å². The van der Waals surface area contributed by atoms with E-state index < -0.39 is 0 Å². The van der Waals surface area contributed by atoms with Gasteiger partial charge in [0.2, 0.25) is 5.88 Å². The van der Waals surface area contributed by atoms with Crippen LogP contribution in [0.2, 0.25) is 0 Å². The first-order valence-electron chi connectivity index (χ1n) is 5.18. The van der Waals surface area contributed by atoms with Gasteiger partial charge in [0.25, 0.3) is 0 Å². The summed E-state index contributed by atoms with van der Waals surface area (Å²) in [6.07, 6.45) is 3.68. The van der Waals surface area contributed by atoms with Crippen LogP contribution in [-0.2, 0) is 0 Å². The van der Waals surface area contributed by atoms with E-state index in [1.807, 2.05) is 35.0 Å². The Labute approximate surface area is 97.7 Å². The zero-order valence-electron chi connectivity index (χ0n) is 9.24. The number of methoxy groups -OCH3 is 1. The fraction of sp³-hybridized carbons (Fsp3) is 0.0833. The van der Waals surface area contributed by atoms with Gasteiger partial charge in [0.05, 0.1) is 7.11 Å². The number of pyridine rings is 1. The molecule has 0 saturated heterocycles. The highest BCUT2D eigenvalue weighted by molar-refractivity contribution is 5.77.